The number of ether oxygens (including phenoxy) is 2. The molecule has 35 heavy (non-hydrogen) atoms. The van der Waals surface area contributed by atoms with E-state index in [1.165, 1.54) is 36.4 Å². The van der Waals surface area contributed by atoms with E-state index < -0.39 is 33.6 Å². The first-order valence-electron chi connectivity index (χ1n) is 9.81. The Morgan fingerprint density at radius 1 is 1.03 bits per heavy atom. The second-order valence-corrected chi connectivity index (χ2v) is 11.4. The molecule has 1 aliphatic rings. The van der Waals surface area contributed by atoms with Crippen molar-refractivity contribution in [1.29, 1.82) is 0 Å². The lowest BCUT2D eigenvalue weighted by atomic mass is 10.2. The van der Waals surface area contributed by atoms with E-state index in [1.807, 2.05) is 0 Å². The second-order valence-electron chi connectivity index (χ2n) is 7.54. The van der Waals surface area contributed by atoms with Gasteiger partial charge in [0.05, 0.1) is 23.0 Å². The molecule has 1 aliphatic heterocycles. The van der Waals surface area contributed by atoms with Gasteiger partial charge < -0.3 is 18.6 Å². The molecule has 0 aliphatic carbocycles. The van der Waals surface area contributed by atoms with Crippen LogP contribution in [0.25, 0.3) is 33.4 Å². The average Bonchev–Trinajstić information content (AvgIpc) is 3.43. The Kier molecular flexibility index (Phi) is 5.13. The SMILES string of the molecule is CCS(=O)(=O)c1c(-c2nc3cc4c(cc3n2C)OC(F)(F)C(F)(F)O4)nc(-c2ncc(Cl)s2)n1C. The predicted octanol–water partition coefficient (Wildman–Crippen LogP) is 4.50. The van der Waals surface area contributed by atoms with Crippen molar-refractivity contribution in [2.75, 3.05) is 5.75 Å². The fourth-order valence-corrected chi connectivity index (χ4v) is 5.78. The van der Waals surface area contributed by atoms with Gasteiger partial charge in [0, 0.05) is 26.2 Å². The number of alkyl halides is 4. The maximum absolute atomic E-state index is 13.7. The lowest BCUT2D eigenvalue weighted by Gasteiger charge is -2.31. The van der Waals surface area contributed by atoms with E-state index in [2.05, 4.69) is 24.4 Å². The molecule has 0 spiro atoms. The zero-order valence-corrected chi connectivity index (χ0v) is 20.4. The molecule has 0 atom stereocenters. The van der Waals surface area contributed by atoms with Crippen LogP contribution < -0.4 is 9.47 Å². The first kappa shape index (κ1) is 23.8. The van der Waals surface area contributed by atoms with Gasteiger partial charge in [-0.05, 0) is 0 Å². The molecule has 5 rings (SSSR count). The van der Waals surface area contributed by atoms with E-state index in [0.29, 0.717) is 9.34 Å². The molecule has 186 valence electrons. The van der Waals surface area contributed by atoms with Crippen LogP contribution in [0.1, 0.15) is 6.92 Å². The molecule has 0 amide bonds. The van der Waals surface area contributed by atoms with Crippen LogP contribution in [0, 0.1) is 0 Å². The van der Waals surface area contributed by atoms with Crippen molar-refractivity contribution in [1.82, 2.24) is 24.1 Å². The zero-order chi connectivity index (χ0) is 25.5. The standard InChI is InChI=1S/C19H14ClF4N5O4S2/c1-4-35(30,31)17-13(27-15(29(17)3)16-25-7-12(20)34-16)14-26-8-5-10-11(6-9(8)28(14)2)33-19(23,24)18(21,22)32-10/h5-7H,4H2,1-3H3. The minimum absolute atomic E-state index is 0.0372. The van der Waals surface area contributed by atoms with Gasteiger partial charge in [-0.2, -0.15) is 17.6 Å². The molecule has 1 aromatic carbocycles. The van der Waals surface area contributed by atoms with Crippen LogP contribution in [0.3, 0.4) is 0 Å². The normalized spacial score (nSPS) is 16.7. The van der Waals surface area contributed by atoms with Gasteiger partial charge in [0.2, 0.25) is 0 Å². The molecule has 0 fully saturated rings. The van der Waals surface area contributed by atoms with E-state index in [1.54, 1.807) is 0 Å². The van der Waals surface area contributed by atoms with Crippen LogP contribution in [0.4, 0.5) is 17.6 Å². The van der Waals surface area contributed by atoms with Gasteiger partial charge in [-0.25, -0.2) is 23.4 Å². The summed E-state index contributed by atoms with van der Waals surface area (Å²) in [6.45, 7) is 1.46. The molecule has 0 saturated heterocycles. The van der Waals surface area contributed by atoms with E-state index >= 15 is 0 Å². The van der Waals surface area contributed by atoms with Crippen molar-refractivity contribution < 1.29 is 35.5 Å². The van der Waals surface area contributed by atoms with E-state index in [-0.39, 0.29) is 39.2 Å². The van der Waals surface area contributed by atoms with Crippen molar-refractivity contribution in [3.8, 4) is 33.8 Å². The van der Waals surface area contributed by atoms with E-state index in [9.17, 15) is 26.0 Å². The maximum atomic E-state index is 13.7. The average molecular weight is 552 g/mol. The monoisotopic (exact) mass is 551 g/mol. The number of benzene rings is 1. The summed E-state index contributed by atoms with van der Waals surface area (Å²) in [6.07, 6.45) is -8.38. The van der Waals surface area contributed by atoms with E-state index in [4.69, 9.17) is 11.6 Å². The van der Waals surface area contributed by atoms with Gasteiger partial charge in [0.25, 0.3) is 0 Å². The Balaban J connectivity index is 1.75. The van der Waals surface area contributed by atoms with Crippen LogP contribution in [-0.4, -0.2) is 50.5 Å². The largest absolute Gasteiger partial charge is 0.507 e. The van der Waals surface area contributed by atoms with Crippen molar-refractivity contribution in [3.63, 3.8) is 0 Å². The van der Waals surface area contributed by atoms with Crippen LogP contribution in [0.5, 0.6) is 11.5 Å². The van der Waals surface area contributed by atoms with Gasteiger partial charge in [-0.15, -0.1) is 0 Å². The Hall–Kier alpha value is -2.91. The van der Waals surface area contributed by atoms with Crippen LogP contribution in [-0.2, 0) is 23.9 Å². The van der Waals surface area contributed by atoms with Crippen molar-refractivity contribution in [2.45, 2.75) is 24.2 Å². The number of hydrogen-bond acceptors (Lipinski definition) is 8. The topological polar surface area (TPSA) is 101 Å². The molecule has 0 unspecified atom stereocenters. The Morgan fingerprint density at radius 3 is 2.23 bits per heavy atom. The van der Waals surface area contributed by atoms with Crippen molar-refractivity contribution in [2.24, 2.45) is 14.1 Å². The number of thiazole rings is 1. The third-order valence-electron chi connectivity index (χ3n) is 5.36. The number of fused-ring (bicyclic) bond motifs is 2. The van der Waals surface area contributed by atoms with Crippen LogP contribution >= 0.6 is 22.9 Å². The summed E-state index contributed by atoms with van der Waals surface area (Å²) in [5.41, 5.74) is 0.216. The lowest BCUT2D eigenvalue weighted by molar-refractivity contribution is -0.391. The third kappa shape index (κ3) is 3.55. The number of nitrogens with zero attached hydrogens (tertiary/aromatic N) is 5. The minimum Gasteiger partial charge on any atom is -0.421 e. The first-order chi connectivity index (χ1) is 16.3. The molecule has 3 aromatic heterocycles. The van der Waals surface area contributed by atoms with E-state index in [0.717, 1.165) is 23.5 Å². The number of sulfone groups is 1. The number of aromatic nitrogens is 5. The molecule has 4 aromatic rings. The highest BCUT2D eigenvalue weighted by Crippen LogP contribution is 2.48. The molecule has 0 radical (unpaired) electrons. The smallest absolute Gasteiger partial charge is 0.421 e. The zero-order valence-electron chi connectivity index (χ0n) is 18.0. The summed E-state index contributed by atoms with van der Waals surface area (Å²) in [7, 11) is -0.858. The molecule has 9 nitrogen and oxygen atoms in total. The molecule has 16 heteroatoms. The third-order valence-corrected chi connectivity index (χ3v) is 8.29. The molecule has 0 N–H and O–H groups in total. The molecule has 0 saturated carbocycles. The van der Waals surface area contributed by atoms with Crippen LogP contribution in [0.15, 0.2) is 23.4 Å². The summed E-state index contributed by atoms with van der Waals surface area (Å²) >= 11 is 7.07. The Labute approximate surface area is 203 Å². The fraction of sp³-hybridized carbons (Fsp3) is 0.316. The highest BCUT2D eigenvalue weighted by molar-refractivity contribution is 7.91. The highest BCUT2D eigenvalue weighted by Gasteiger charge is 2.66. The van der Waals surface area contributed by atoms with Crippen LogP contribution in [0.2, 0.25) is 4.34 Å². The summed E-state index contributed by atoms with van der Waals surface area (Å²) in [5.74, 6) is -1.26. The molecular formula is C19H14ClF4N5O4S2. The van der Waals surface area contributed by atoms with Gasteiger partial charge in [-0.1, -0.05) is 29.9 Å². The fourth-order valence-electron chi connectivity index (χ4n) is 3.64. The molecular weight excluding hydrogens is 538 g/mol. The number of rotatable bonds is 4. The van der Waals surface area contributed by atoms with Gasteiger partial charge >= 0.3 is 12.2 Å². The Morgan fingerprint density at radius 2 is 1.66 bits per heavy atom. The number of halogens is 5. The maximum Gasteiger partial charge on any atom is 0.507 e. The number of hydrogen-bond donors (Lipinski definition) is 0. The summed E-state index contributed by atoms with van der Waals surface area (Å²) < 4.78 is 92.0. The van der Waals surface area contributed by atoms with Gasteiger partial charge in [0.1, 0.15) is 10.0 Å². The van der Waals surface area contributed by atoms with Gasteiger partial charge in [0.15, 0.2) is 43.0 Å². The number of imidazole rings is 2. The highest BCUT2D eigenvalue weighted by atomic mass is 35.5. The summed E-state index contributed by atoms with van der Waals surface area (Å²) in [5, 5.41) is 0.201. The quantitative estimate of drug-likeness (QED) is 0.344. The lowest BCUT2D eigenvalue weighted by Crippen LogP contribution is -2.52. The summed E-state index contributed by atoms with van der Waals surface area (Å²) in [6, 6.07) is 2.07. The second kappa shape index (κ2) is 7.54. The first-order valence-corrected chi connectivity index (χ1v) is 12.7. The van der Waals surface area contributed by atoms with Crippen molar-refractivity contribution in [3.05, 3.63) is 22.7 Å². The van der Waals surface area contributed by atoms with Gasteiger partial charge in [-0.3, -0.25) is 0 Å². The molecule has 4 heterocycles. The minimum atomic E-state index is -4.89. The molecule has 0 bridgehead atoms. The summed E-state index contributed by atoms with van der Waals surface area (Å²) in [4.78, 5) is 13.0. The predicted molar refractivity (Wildman–Crippen MR) is 118 cm³/mol. The Bertz CT molecular complexity index is 1610. The van der Waals surface area contributed by atoms with Crippen molar-refractivity contribution >= 4 is 43.8 Å². The number of aryl methyl sites for hydroxylation is 1.